The van der Waals surface area contributed by atoms with Gasteiger partial charge < -0.3 is 14.2 Å². The Labute approximate surface area is 433 Å². The molecule has 0 fully saturated rings. The number of carbonyl (C=O) groups is 3. The summed E-state index contributed by atoms with van der Waals surface area (Å²) in [5, 5.41) is 0. The van der Waals surface area contributed by atoms with Crippen molar-refractivity contribution in [2.75, 3.05) is 13.2 Å². The van der Waals surface area contributed by atoms with Crippen molar-refractivity contribution in [1.82, 2.24) is 0 Å². The zero-order chi connectivity index (χ0) is 50.7. The molecular formula is C64H112O6. The van der Waals surface area contributed by atoms with Gasteiger partial charge in [0.1, 0.15) is 13.2 Å². The third-order valence-corrected chi connectivity index (χ3v) is 13.0. The Balaban J connectivity index is 4.15. The number of hydrogen-bond acceptors (Lipinski definition) is 6. The van der Waals surface area contributed by atoms with Gasteiger partial charge in [-0.05, 0) is 77.0 Å². The second-order valence-corrected chi connectivity index (χ2v) is 19.9. The van der Waals surface area contributed by atoms with Crippen molar-refractivity contribution < 1.29 is 28.6 Å². The van der Waals surface area contributed by atoms with E-state index in [-0.39, 0.29) is 37.5 Å². The van der Waals surface area contributed by atoms with Gasteiger partial charge in [0.15, 0.2) is 6.10 Å². The van der Waals surface area contributed by atoms with E-state index >= 15 is 0 Å². The first-order valence-corrected chi connectivity index (χ1v) is 29.9. The SMILES string of the molecule is CC/C=C\C/C=C\C/C=C\C/C=C\CCC(=O)OC(COC(=O)CCCCCCCCCCCC)COC(=O)CCCCCCCCCCCCCCCCCCC/C=C\C/C=C\CCCCCCC. The Kier molecular flexibility index (Phi) is 55.8. The van der Waals surface area contributed by atoms with E-state index in [1.807, 2.05) is 6.08 Å². The van der Waals surface area contributed by atoms with Gasteiger partial charge in [0.25, 0.3) is 0 Å². The fraction of sp³-hybridized carbons (Fsp3) is 0.766. The first-order chi connectivity index (χ1) is 34.5. The van der Waals surface area contributed by atoms with Gasteiger partial charge in [-0.15, -0.1) is 0 Å². The number of hydrogen-bond donors (Lipinski definition) is 0. The standard InChI is InChI=1S/C64H112O6/c1-4-7-10-13-16-19-22-24-25-26-27-28-29-30-31-32-33-34-35-36-37-38-39-41-42-45-48-51-54-57-63(66)69-60-61(59-68-62(65)56-53-50-47-44-21-18-15-12-9-6-3)70-64(67)58-55-52-49-46-43-40-23-20-17-14-11-8-5-2/h8,11,17,20,22,24,26-27,40,43,49,52,61H,4-7,9-10,12-16,18-19,21,23,25,28-39,41-42,44-48,50-51,53-60H2,1-3H3/b11-8-,20-17-,24-22-,27-26-,43-40-,52-49-. The first-order valence-electron chi connectivity index (χ1n) is 29.9. The van der Waals surface area contributed by atoms with E-state index in [0.717, 1.165) is 70.6 Å². The minimum Gasteiger partial charge on any atom is -0.462 e. The molecule has 0 amide bonds. The van der Waals surface area contributed by atoms with Crippen LogP contribution in [0.5, 0.6) is 0 Å². The summed E-state index contributed by atoms with van der Waals surface area (Å²) in [5.41, 5.74) is 0. The average molecular weight is 978 g/mol. The van der Waals surface area contributed by atoms with Gasteiger partial charge in [-0.3, -0.25) is 14.4 Å². The van der Waals surface area contributed by atoms with Crippen LogP contribution in [0.15, 0.2) is 72.9 Å². The summed E-state index contributed by atoms with van der Waals surface area (Å²) in [6.07, 6.45) is 75.1. The minimum absolute atomic E-state index is 0.101. The highest BCUT2D eigenvalue weighted by atomic mass is 16.6. The maximum absolute atomic E-state index is 12.8. The summed E-state index contributed by atoms with van der Waals surface area (Å²) < 4.78 is 16.7. The number of unbranched alkanes of at least 4 members (excludes halogenated alkanes) is 31. The molecule has 0 aromatic carbocycles. The summed E-state index contributed by atoms with van der Waals surface area (Å²) in [4.78, 5) is 38.0. The van der Waals surface area contributed by atoms with E-state index < -0.39 is 6.10 Å². The zero-order valence-electron chi connectivity index (χ0n) is 46.3. The van der Waals surface area contributed by atoms with Gasteiger partial charge in [0.2, 0.25) is 0 Å². The predicted octanol–water partition coefficient (Wildman–Crippen LogP) is 20.2. The zero-order valence-corrected chi connectivity index (χ0v) is 46.3. The van der Waals surface area contributed by atoms with Gasteiger partial charge in [-0.2, -0.15) is 0 Å². The number of ether oxygens (including phenoxy) is 3. The molecule has 0 radical (unpaired) electrons. The molecule has 404 valence electrons. The van der Waals surface area contributed by atoms with Gasteiger partial charge >= 0.3 is 17.9 Å². The van der Waals surface area contributed by atoms with E-state index in [1.54, 1.807) is 0 Å². The normalized spacial score (nSPS) is 12.6. The van der Waals surface area contributed by atoms with Crippen LogP contribution in [-0.4, -0.2) is 37.2 Å². The van der Waals surface area contributed by atoms with Crippen LogP contribution in [0.2, 0.25) is 0 Å². The van der Waals surface area contributed by atoms with Crippen LogP contribution in [0, 0.1) is 0 Å². The smallest absolute Gasteiger partial charge is 0.306 e. The fourth-order valence-electron chi connectivity index (χ4n) is 8.49. The Morgan fingerprint density at radius 3 is 0.929 bits per heavy atom. The van der Waals surface area contributed by atoms with Crippen molar-refractivity contribution in [2.45, 2.75) is 303 Å². The maximum Gasteiger partial charge on any atom is 0.306 e. The molecule has 0 bridgehead atoms. The summed E-state index contributed by atoms with van der Waals surface area (Å²) in [6.45, 7) is 6.46. The van der Waals surface area contributed by atoms with Crippen molar-refractivity contribution in [2.24, 2.45) is 0 Å². The third kappa shape index (κ3) is 55.8. The molecule has 0 saturated carbocycles. The van der Waals surface area contributed by atoms with Gasteiger partial charge in [0.05, 0.1) is 0 Å². The lowest BCUT2D eigenvalue weighted by molar-refractivity contribution is -0.166. The molecule has 70 heavy (non-hydrogen) atoms. The van der Waals surface area contributed by atoms with Crippen LogP contribution in [0.4, 0.5) is 0 Å². The molecule has 6 nitrogen and oxygen atoms in total. The molecule has 0 aliphatic rings. The first kappa shape index (κ1) is 66.9. The maximum atomic E-state index is 12.8. The van der Waals surface area contributed by atoms with Gasteiger partial charge in [-0.1, -0.05) is 273 Å². The van der Waals surface area contributed by atoms with Crippen molar-refractivity contribution in [3.05, 3.63) is 72.9 Å². The molecule has 0 saturated heterocycles. The van der Waals surface area contributed by atoms with Crippen LogP contribution in [-0.2, 0) is 28.6 Å². The van der Waals surface area contributed by atoms with Crippen LogP contribution in [0.1, 0.15) is 297 Å². The molecular weight excluding hydrogens is 865 g/mol. The second-order valence-electron chi connectivity index (χ2n) is 19.9. The Morgan fingerprint density at radius 1 is 0.300 bits per heavy atom. The lowest BCUT2D eigenvalue weighted by Crippen LogP contribution is -2.30. The molecule has 1 atom stereocenters. The van der Waals surface area contributed by atoms with E-state index in [2.05, 4.69) is 87.6 Å². The van der Waals surface area contributed by atoms with E-state index in [0.29, 0.717) is 19.3 Å². The molecule has 0 aliphatic carbocycles. The number of carbonyl (C=O) groups excluding carboxylic acids is 3. The van der Waals surface area contributed by atoms with Crippen LogP contribution in [0.3, 0.4) is 0 Å². The van der Waals surface area contributed by atoms with Crippen LogP contribution >= 0.6 is 0 Å². The summed E-state index contributed by atoms with van der Waals surface area (Å²) in [7, 11) is 0. The molecule has 0 heterocycles. The largest absolute Gasteiger partial charge is 0.462 e. The number of rotatable bonds is 54. The van der Waals surface area contributed by atoms with Crippen molar-refractivity contribution in [3.8, 4) is 0 Å². The summed E-state index contributed by atoms with van der Waals surface area (Å²) in [5.74, 6) is -0.976. The molecule has 0 rings (SSSR count). The predicted molar refractivity (Wildman–Crippen MR) is 302 cm³/mol. The highest BCUT2D eigenvalue weighted by Gasteiger charge is 2.19. The highest BCUT2D eigenvalue weighted by molar-refractivity contribution is 5.71. The molecule has 0 spiro atoms. The summed E-state index contributed by atoms with van der Waals surface area (Å²) in [6, 6.07) is 0. The lowest BCUT2D eigenvalue weighted by atomic mass is 10.0. The Hall–Kier alpha value is -3.15. The molecule has 0 N–H and O–H groups in total. The summed E-state index contributed by atoms with van der Waals surface area (Å²) >= 11 is 0. The van der Waals surface area contributed by atoms with Crippen molar-refractivity contribution in [3.63, 3.8) is 0 Å². The fourth-order valence-corrected chi connectivity index (χ4v) is 8.49. The van der Waals surface area contributed by atoms with Gasteiger partial charge in [-0.25, -0.2) is 0 Å². The Morgan fingerprint density at radius 2 is 0.586 bits per heavy atom. The minimum atomic E-state index is -0.809. The van der Waals surface area contributed by atoms with Crippen molar-refractivity contribution >= 4 is 17.9 Å². The molecule has 0 aromatic rings. The third-order valence-electron chi connectivity index (χ3n) is 13.0. The van der Waals surface area contributed by atoms with E-state index in [4.69, 9.17) is 14.2 Å². The molecule has 6 heteroatoms. The second kappa shape index (κ2) is 58.4. The molecule has 0 aliphatic heterocycles. The van der Waals surface area contributed by atoms with Crippen molar-refractivity contribution in [1.29, 1.82) is 0 Å². The monoisotopic (exact) mass is 977 g/mol. The lowest BCUT2D eigenvalue weighted by Gasteiger charge is -2.18. The molecule has 0 aromatic heterocycles. The van der Waals surface area contributed by atoms with Crippen LogP contribution < -0.4 is 0 Å². The number of allylic oxidation sites excluding steroid dienone is 12. The van der Waals surface area contributed by atoms with Crippen LogP contribution in [0.25, 0.3) is 0 Å². The average Bonchev–Trinajstić information content (AvgIpc) is 3.36. The molecule has 1 unspecified atom stereocenters. The topological polar surface area (TPSA) is 78.9 Å². The van der Waals surface area contributed by atoms with E-state index in [9.17, 15) is 14.4 Å². The quantitative estimate of drug-likeness (QED) is 0.0261. The highest BCUT2D eigenvalue weighted by Crippen LogP contribution is 2.16. The Bertz CT molecular complexity index is 1310. The number of esters is 3. The van der Waals surface area contributed by atoms with Gasteiger partial charge in [0, 0.05) is 19.3 Å². The van der Waals surface area contributed by atoms with E-state index in [1.165, 1.54) is 180 Å².